The summed E-state index contributed by atoms with van der Waals surface area (Å²) in [5.41, 5.74) is 25.3. The van der Waals surface area contributed by atoms with Crippen LogP contribution in [0.4, 0.5) is 0 Å². The first-order valence-electron chi connectivity index (χ1n) is 19.2. The summed E-state index contributed by atoms with van der Waals surface area (Å²) in [4.78, 5) is 0. The fraction of sp³-hybridized carbons (Fsp3) is 0.617. The van der Waals surface area contributed by atoms with Gasteiger partial charge in [0.25, 0.3) is 0 Å². The van der Waals surface area contributed by atoms with Crippen LogP contribution in [0.3, 0.4) is 0 Å². The molecule has 3 aliphatic carbocycles. The van der Waals surface area contributed by atoms with Crippen LogP contribution in [-0.4, -0.2) is 0 Å². The molecule has 270 valence electrons. The minimum Gasteiger partial charge on any atom is -0.402 e. The molecule has 0 aliphatic heterocycles. The molecule has 0 radical (unpaired) electrons. The number of allylic oxidation sites excluding steroid dienone is 10. The van der Waals surface area contributed by atoms with Crippen molar-refractivity contribution in [3.8, 4) is 0 Å². The smallest absolute Gasteiger partial charge is 0.0153 e. The average Bonchev–Trinajstić information content (AvgIpc) is 2.99. The van der Waals surface area contributed by atoms with Crippen LogP contribution in [0.5, 0.6) is 0 Å². The summed E-state index contributed by atoms with van der Waals surface area (Å²) in [7, 11) is 0. The minimum absolute atomic E-state index is 0.133. The van der Waals surface area contributed by atoms with Crippen molar-refractivity contribution in [1.82, 2.24) is 0 Å². The molecule has 0 saturated carbocycles. The quantitative estimate of drug-likeness (QED) is 0.314. The minimum atomic E-state index is 0.133. The Balaban J connectivity index is 0.00000115. The second-order valence-corrected chi connectivity index (χ2v) is 16.7. The van der Waals surface area contributed by atoms with E-state index in [1.807, 2.05) is 27.7 Å². The third-order valence-corrected chi connectivity index (χ3v) is 10.9. The molecule has 2 N–H and O–H groups in total. The summed E-state index contributed by atoms with van der Waals surface area (Å²) in [6.45, 7) is 51.5. The maximum absolute atomic E-state index is 6.88. The molecule has 0 aromatic heterocycles. The zero-order chi connectivity index (χ0) is 37.6. The van der Waals surface area contributed by atoms with Crippen LogP contribution >= 0.6 is 0 Å². The van der Waals surface area contributed by atoms with Gasteiger partial charge in [-0.1, -0.05) is 145 Å². The zero-order valence-corrected chi connectivity index (χ0v) is 35.2. The van der Waals surface area contributed by atoms with E-state index in [4.69, 9.17) is 12.3 Å². The highest BCUT2D eigenvalue weighted by molar-refractivity contribution is 5.88. The molecule has 5 unspecified atom stereocenters. The Morgan fingerprint density at radius 3 is 2.00 bits per heavy atom. The maximum Gasteiger partial charge on any atom is 0.0153 e. The van der Waals surface area contributed by atoms with Gasteiger partial charge in [-0.2, -0.15) is 0 Å². The molecule has 0 fully saturated rings. The van der Waals surface area contributed by atoms with Crippen molar-refractivity contribution in [2.24, 2.45) is 40.2 Å². The first-order valence-corrected chi connectivity index (χ1v) is 19.2. The topological polar surface area (TPSA) is 26.0 Å². The zero-order valence-electron chi connectivity index (χ0n) is 35.2. The molecular weight excluding hydrogens is 579 g/mol. The second kappa shape index (κ2) is 17.4. The van der Waals surface area contributed by atoms with Crippen LogP contribution in [0.25, 0.3) is 11.1 Å². The van der Waals surface area contributed by atoms with Gasteiger partial charge in [0, 0.05) is 11.6 Å². The lowest BCUT2D eigenvalue weighted by Crippen LogP contribution is -2.50. The monoisotopic (exact) mass is 656 g/mol. The normalized spacial score (nSPS) is 25.5. The largest absolute Gasteiger partial charge is 0.402 e. The number of hydrogen-bond donors (Lipinski definition) is 1. The number of rotatable bonds is 5. The highest BCUT2D eigenvalue weighted by atomic mass is 14.7. The van der Waals surface area contributed by atoms with Crippen molar-refractivity contribution in [3.05, 3.63) is 92.8 Å². The lowest BCUT2D eigenvalue weighted by atomic mass is 9.47. The number of benzene rings is 1. The molecule has 1 aromatic rings. The van der Waals surface area contributed by atoms with E-state index in [0.29, 0.717) is 35.0 Å². The molecule has 1 heteroatoms. The summed E-state index contributed by atoms with van der Waals surface area (Å²) in [5, 5.41) is 0. The molecule has 0 heterocycles. The standard InChI is InChI=1S/C38H53N.C5H12.2C2H6/c1-14-22(6)15-16-23(7)31-18-30(20(2)3)32-17-29-19-38(13)28(12)37(39)33(21(4)5)26(10)36(38)27(11)34(29)25(9)35(32)24(31)8;1-5(2,3)4;2*1-2/h15-16,18,20,26,28-29,36H,4,9,14,17,19,39H2,1-3,5-8,10-13H3;1-4H3;2*1-2H3/b22-15+,23-16+;;;. The summed E-state index contributed by atoms with van der Waals surface area (Å²) in [6, 6.07) is 2.49. The molecule has 0 bridgehead atoms. The van der Waals surface area contributed by atoms with E-state index < -0.39 is 0 Å². The van der Waals surface area contributed by atoms with Crippen molar-refractivity contribution in [1.29, 1.82) is 0 Å². The third-order valence-electron chi connectivity index (χ3n) is 10.9. The van der Waals surface area contributed by atoms with E-state index in [9.17, 15) is 0 Å². The van der Waals surface area contributed by atoms with Gasteiger partial charge >= 0.3 is 0 Å². The fourth-order valence-electron chi connectivity index (χ4n) is 8.71. The van der Waals surface area contributed by atoms with Gasteiger partial charge in [-0.25, -0.2) is 0 Å². The third kappa shape index (κ3) is 8.97. The number of hydrogen-bond acceptors (Lipinski definition) is 1. The lowest BCUT2D eigenvalue weighted by molar-refractivity contribution is 0.0581. The lowest BCUT2D eigenvalue weighted by Gasteiger charge is -2.57. The van der Waals surface area contributed by atoms with Crippen LogP contribution in [-0.2, 0) is 6.42 Å². The Morgan fingerprint density at radius 2 is 1.54 bits per heavy atom. The molecular formula is C47H77N. The summed E-state index contributed by atoms with van der Waals surface area (Å²) in [5.74, 6) is 2.11. The van der Waals surface area contributed by atoms with Crippen molar-refractivity contribution >= 4 is 11.1 Å². The van der Waals surface area contributed by atoms with Crippen LogP contribution < -0.4 is 5.73 Å². The average molecular weight is 656 g/mol. The molecule has 0 amide bonds. The highest BCUT2D eigenvalue weighted by Crippen LogP contribution is 2.63. The maximum atomic E-state index is 6.88. The van der Waals surface area contributed by atoms with E-state index in [0.717, 1.165) is 30.5 Å². The van der Waals surface area contributed by atoms with E-state index in [2.05, 4.69) is 129 Å². The predicted molar refractivity (Wildman–Crippen MR) is 220 cm³/mol. The van der Waals surface area contributed by atoms with Gasteiger partial charge in [0.2, 0.25) is 0 Å². The van der Waals surface area contributed by atoms with E-state index in [1.165, 1.54) is 55.7 Å². The second-order valence-electron chi connectivity index (χ2n) is 16.7. The molecule has 1 nitrogen and oxygen atoms in total. The Kier molecular flexibility index (Phi) is 15.8. The van der Waals surface area contributed by atoms with Crippen LogP contribution in [0.1, 0.15) is 171 Å². The van der Waals surface area contributed by atoms with Gasteiger partial charge in [0.1, 0.15) is 0 Å². The van der Waals surface area contributed by atoms with E-state index in [-0.39, 0.29) is 5.41 Å². The van der Waals surface area contributed by atoms with Crippen molar-refractivity contribution in [2.75, 3.05) is 0 Å². The molecule has 3 aliphatic rings. The van der Waals surface area contributed by atoms with E-state index in [1.54, 1.807) is 5.57 Å². The van der Waals surface area contributed by atoms with Crippen molar-refractivity contribution in [3.63, 3.8) is 0 Å². The first kappa shape index (κ1) is 43.5. The van der Waals surface area contributed by atoms with E-state index >= 15 is 0 Å². The Labute approximate surface area is 300 Å². The first-order chi connectivity index (χ1) is 22.2. The van der Waals surface area contributed by atoms with Gasteiger partial charge in [0.05, 0.1) is 0 Å². The Hall–Kier alpha value is -2.54. The Bertz CT molecular complexity index is 1440. The summed E-state index contributed by atoms with van der Waals surface area (Å²) in [6.07, 6.45) is 7.95. The highest BCUT2D eigenvalue weighted by Gasteiger charge is 2.54. The molecule has 5 atom stereocenters. The van der Waals surface area contributed by atoms with Crippen LogP contribution in [0.2, 0.25) is 0 Å². The molecule has 4 rings (SSSR count). The van der Waals surface area contributed by atoms with Crippen LogP contribution in [0, 0.1) is 41.4 Å². The molecule has 0 saturated heterocycles. The molecule has 0 spiro atoms. The molecule has 1 aromatic carbocycles. The van der Waals surface area contributed by atoms with Gasteiger partial charge in [-0.05, 0) is 138 Å². The fourth-order valence-corrected chi connectivity index (χ4v) is 8.71. The van der Waals surface area contributed by atoms with Crippen LogP contribution in [0.15, 0.2) is 64.9 Å². The van der Waals surface area contributed by atoms with Crippen molar-refractivity contribution in [2.45, 2.75) is 157 Å². The van der Waals surface area contributed by atoms with Gasteiger partial charge < -0.3 is 5.73 Å². The van der Waals surface area contributed by atoms with Gasteiger partial charge in [-0.15, -0.1) is 0 Å². The SMILES string of the molecule is C=C(C)C1=C(N)C(C)C2(C)CC3Cc4c(C(C)C)cc(/C(C)=C/C=C(\C)CC)c(C)c4C(=C)C3=C(C)C2C1C.CC.CC.CC(C)(C)C. The summed E-state index contributed by atoms with van der Waals surface area (Å²) < 4.78 is 0. The number of fused-ring (bicyclic) bond motifs is 3. The van der Waals surface area contributed by atoms with Gasteiger partial charge in [0.15, 0.2) is 0 Å². The summed E-state index contributed by atoms with van der Waals surface area (Å²) >= 11 is 0. The molecule has 48 heavy (non-hydrogen) atoms. The number of nitrogens with two attached hydrogens (primary N) is 1. The van der Waals surface area contributed by atoms with Crippen molar-refractivity contribution < 1.29 is 0 Å². The Morgan fingerprint density at radius 1 is 1.02 bits per heavy atom. The van der Waals surface area contributed by atoms with Gasteiger partial charge in [-0.3, -0.25) is 0 Å². The predicted octanol–water partition coefficient (Wildman–Crippen LogP) is 14.6.